The van der Waals surface area contributed by atoms with E-state index in [0.717, 1.165) is 0 Å². The first-order valence-electron chi connectivity index (χ1n) is 7.58. The summed E-state index contributed by atoms with van der Waals surface area (Å²) in [6.07, 6.45) is 6.78. The lowest BCUT2D eigenvalue weighted by molar-refractivity contribution is -0.385. The van der Waals surface area contributed by atoms with Gasteiger partial charge in [-0.1, -0.05) is 12.0 Å². The van der Waals surface area contributed by atoms with E-state index in [1.165, 1.54) is 18.5 Å². The minimum atomic E-state index is -0.515. The fourth-order valence-corrected chi connectivity index (χ4v) is 2.48. The van der Waals surface area contributed by atoms with Gasteiger partial charge in [-0.3, -0.25) is 10.1 Å². The minimum absolute atomic E-state index is 0.113. The van der Waals surface area contributed by atoms with Crippen molar-refractivity contribution in [3.05, 3.63) is 58.4 Å². The van der Waals surface area contributed by atoms with E-state index in [0.29, 0.717) is 28.0 Å². The number of aromatic nitrogens is 2. The molecule has 1 aromatic heterocycles. The van der Waals surface area contributed by atoms with Crippen molar-refractivity contribution in [2.45, 2.75) is 0 Å². The SMILES string of the molecule is C#Cc1cccc(Nc2ncnc3cc(OCCCl)c([N+](=O)[O-])cc23)c1. The normalized spacial score (nSPS) is 10.3. The molecule has 0 unspecified atom stereocenters. The fourth-order valence-electron chi connectivity index (χ4n) is 2.40. The van der Waals surface area contributed by atoms with Crippen LogP contribution >= 0.6 is 11.6 Å². The molecule has 3 aromatic rings. The van der Waals surface area contributed by atoms with Crippen molar-refractivity contribution >= 4 is 39.7 Å². The van der Waals surface area contributed by atoms with Crippen molar-refractivity contribution in [2.75, 3.05) is 17.8 Å². The van der Waals surface area contributed by atoms with Crippen LogP contribution in [0, 0.1) is 22.5 Å². The Morgan fingerprint density at radius 2 is 2.15 bits per heavy atom. The molecular weight excluding hydrogens is 356 g/mol. The predicted octanol–water partition coefficient (Wildman–Crippen LogP) is 3.88. The van der Waals surface area contributed by atoms with Gasteiger partial charge in [0.25, 0.3) is 0 Å². The lowest BCUT2D eigenvalue weighted by atomic mass is 10.1. The summed E-state index contributed by atoms with van der Waals surface area (Å²) < 4.78 is 5.37. The van der Waals surface area contributed by atoms with Gasteiger partial charge in [0, 0.05) is 23.4 Å². The molecule has 0 radical (unpaired) electrons. The van der Waals surface area contributed by atoms with Gasteiger partial charge >= 0.3 is 5.69 Å². The molecule has 0 fully saturated rings. The third-order valence-electron chi connectivity index (χ3n) is 3.54. The third kappa shape index (κ3) is 3.66. The van der Waals surface area contributed by atoms with Gasteiger partial charge in [-0.25, -0.2) is 9.97 Å². The third-order valence-corrected chi connectivity index (χ3v) is 3.69. The highest BCUT2D eigenvalue weighted by Gasteiger charge is 2.19. The standard InChI is InChI=1S/C18H13ClN4O3/c1-2-12-4-3-5-13(8-12)22-18-14-9-16(23(24)25)17(26-7-6-19)10-15(14)20-11-21-18/h1,3-5,8-11H,6-7H2,(H,20,21,22). The minimum Gasteiger partial charge on any atom is -0.485 e. The summed E-state index contributed by atoms with van der Waals surface area (Å²) in [7, 11) is 0. The van der Waals surface area contributed by atoms with Crippen LogP contribution in [0.4, 0.5) is 17.2 Å². The summed E-state index contributed by atoms with van der Waals surface area (Å²) in [5, 5.41) is 15.0. The summed E-state index contributed by atoms with van der Waals surface area (Å²) in [6.45, 7) is 0.156. The van der Waals surface area contributed by atoms with Gasteiger partial charge in [-0.15, -0.1) is 18.0 Å². The molecule has 2 aromatic carbocycles. The summed E-state index contributed by atoms with van der Waals surface area (Å²) >= 11 is 5.60. The number of nitrogens with zero attached hydrogens (tertiary/aromatic N) is 3. The number of rotatable bonds is 6. The lowest BCUT2D eigenvalue weighted by Crippen LogP contribution is -2.03. The molecule has 1 heterocycles. The number of ether oxygens (including phenoxy) is 1. The van der Waals surface area contributed by atoms with Gasteiger partial charge in [-0.05, 0) is 18.2 Å². The molecular formula is C18H13ClN4O3. The van der Waals surface area contributed by atoms with Gasteiger partial charge in [0.2, 0.25) is 0 Å². The Bertz CT molecular complexity index is 1020. The number of anilines is 2. The summed E-state index contributed by atoms with van der Waals surface area (Å²) in [5.41, 5.74) is 1.74. The van der Waals surface area contributed by atoms with E-state index in [9.17, 15) is 10.1 Å². The smallest absolute Gasteiger partial charge is 0.311 e. The molecule has 0 saturated carbocycles. The number of benzene rings is 2. The van der Waals surface area contributed by atoms with Gasteiger partial charge in [0.15, 0.2) is 5.75 Å². The molecule has 0 amide bonds. The Labute approximate surface area is 154 Å². The Morgan fingerprint density at radius 1 is 1.31 bits per heavy atom. The maximum atomic E-state index is 11.4. The van der Waals surface area contributed by atoms with Crippen molar-refractivity contribution < 1.29 is 9.66 Å². The number of halogens is 1. The number of nitro groups is 1. The number of hydrogen-bond donors (Lipinski definition) is 1. The Balaban J connectivity index is 2.07. The van der Waals surface area contributed by atoms with Crippen LogP contribution < -0.4 is 10.1 Å². The molecule has 0 aliphatic heterocycles. The number of nitrogens with one attached hydrogen (secondary N) is 1. The predicted molar refractivity (Wildman–Crippen MR) is 100 cm³/mol. The van der Waals surface area contributed by atoms with E-state index < -0.39 is 4.92 Å². The van der Waals surface area contributed by atoms with Crippen LogP contribution in [0.3, 0.4) is 0 Å². The molecule has 0 atom stereocenters. The molecule has 7 nitrogen and oxygen atoms in total. The van der Waals surface area contributed by atoms with E-state index in [1.54, 1.807) is 12.1 Å². The number of hydrogen-bond acceptors (Lipinski definition) is 6. The largest absolute Gasteiger partial charge is 0.485 e. The first-order valence-corrected chi connectivity index (χ1v) is 8.11. The van der Waals surface area contributed by atoms with Crippen LogP contribution in [0.15, 0.2) is 42.7 Å². The van der Waals surface area contributed by atoms with Crippen LogP contribution in [0.1, 0.15) is 5.56 Å². The van der Waals surface area contributed by atoms with Crippen molar-refractivity contribution in [1.82, 2.24) is 9.97 Å². The highest BCUT2D eigenvalue weighted by molar-refractivity contribution is 6.18. The van der Waals surface area contributed by atoms with Gasteiger partial charge < -0.3 is 10.1 Å². The quantitative estimate of drug-likeness (QED) is 0.307. The number of alkyl halides is 1. The molecule has 0 aliphatic carbocycles. The molecule has 0 saturated heterocycles. The lowest BCUT2D eigenvalue weighted by Gasteiger charge is -2.10. The highest BCUT2D eigenvalue weighted by atomic mass is 35.5. The van der Waals surface area contributed by atoms with Gasteiger partial charge in [0.05, 0.1) is 21.7 Å². The van der Waals surface area contributed by atoms with Gasteiger partial charge in [-0.2, -0.15) is 0 Å². The average Bonchev–Trinajstić information content (AvgIpc) is 2.66. The first-order chi connectivity index (χ1) is 12.6. The fraction of sp³-hybridized carbons (Fsp3) is 0.111. The molecule has 3 rings (SSSR count). The van der Waals surface area contributed by atoms with Crippen LogP contribution in [0.25, 0.3) is 10.9 Å². The molecule has 0 aliphatic rings. The number of nitro benzene ring substituents is 1. The Kier molecular flexibility index (Phi) is 5.15. The van der Waals surface area contributed by atoms with Crippen molar-refractivity contribution in [1.29, 1.82) is 0 Å². The monoisotopic (exact) mass is 368 g/mol. The zero-order valence-corrected chi connectivity index (χ0v) is 14.2. The van der Waals surface area contributed by atoms with Crippen LogP contribution in [0.2, 0.25) is 0 Å². The van der Waals surface area contributed by atoms with E-state index in [2.05, 4.69) is 21.2 Å². The van der Waals surface area contributed by atoms with Crippen LogP contribution in [-0.2, 0) is 0 Å². The topological polar surface area (TPSA) is 90.2 Å². The molecule has 1 N–H and O–H groups in total. The Morgan fingerprint density at radius 3 is 2.88 bits per heavy atom. The molecule has 0 spiro atoms. The van der Waals surface area contributed by atoms with E-state index in [-0.39, 0.29) is 23.9 Å². The molecule has 0 bridgehead atoms. The van der Waals surface area contributed by atoms with Crippen molar-refractivity contribution in [2.24, 2.45) is 0 Å². The summed E-state index contributed by atoms with van der Waals surface area (Å²) in [6, 6.07) is 10.1. The second kappa shape index (κ2) is 7.68. The zero-order chi connectivity index (χ0) is 18.5. The maximum absolute atomic E-state index is 11.4. The van der Waals surface area contributed by atoms with E-state index in [4.69, 9.17) is 22.8 Å². The van der Waals surface area contributed by atoms with Gasteiger partial charge in [0.1, 0.15) is 18.8 Å². The summed E-state index contributed by atoms with van der Waals surface area (Å²) in [5.74, 6) is 3.31. The Hall–Kier alpha value is -3.37. The summed E-state index contributed by atoms with van der Waals surface area (Å²) in [4.78, 5) is 19.2. The molecule has 26 heavy (non-hydrogen) atoms. The molecule has 8 heteroatoms. The molecule has 130 valence electrons. The van der Waals surface area contributed by atoms with Crippen molar-refractivity contribution in [3.8, 4) is 18.1 Å². The highest BCUT2D eigenvalue weighted by Crippen LogP contribution is 2.34. The van der Waals surface area contributed by atoms with E-state index in [1.807, 2.05) is 12.1 Å². The first kappa shape index (κ1) is 17.5. The van der Waals surface area contributed by atoms with E-state index >= 15 is 0 Å². The zero-order valence-electron chi connectivity index (χ0n) is 13.5. The second-order valence-corrected chi connectivity index (χ2v) is 5.58. The maximum Gasteiger partial charge on any atom is 0.311 e. The van der Waals surface area contributed by atoms with Crippen LogP contribution in [0.5, 0.6) is 5.75 Å². The number of terminal acetylenes is 1. The number of fused-ring (bicyclic) bond motifs is 1. The van der Waals surface area contributed by atoms with Crippen molar-refractivity contribution in [3.63, 3.8) is 0 Å². The van der Waals surface area contributed by atoms with Crippen LogP contribution in [-0.4, -0.2) is 27.4 Å². The second-order valence-electron chi connectivity index (χ2n) is 5.20. The average molecular weight is 369 g/mol.